The third kappa shape index (κ3) is 5.98. The lowest BCUT2D eigenvalue weighted by Gasteiger charge is -2.42. The summed E-state index contributed by atoms with van der Waals surface area (Å²) < 4.78 is 1.25. The minimum Gasteiger partial charge on any atom is -0.506 e. The van der Waals surface area contributed by atoms with Crippen LogP contribution in [-0.4, -0.2) is 64.1 Å². The number of amides is 1. The van der Waals surface area contributed by atoms with Crippen molar-refractivity contribution in [3.63, 3.8) is 0 Å². The second-order valence-electron chi connectivity index (χ2n) is 8.65. The van der Waals surface area contributed by atoms with Gasteiger partial charge in [0, 0.05) is 31.5 Å². The Morgan fingerprint density at radius 1 is 1.07 bits per heavy atom. The summed E-state index contributed by atoms with van der Waals surface area (Å²) in [5.41, 5.74) is 1.01. The fourth-order valence-electron chi connectivity index (χ4n) is 4.71. The van der Waals surface area contributed by atoms with Gasteiger partial charge in [-0.3, -0.25) is 9.59 Å². The first-order chi connectivity index (χ1) is 14.2. The van der Waals surface area contributed by atoms with Crippen molar-refractivity contribution in [1.29, 1.82) is 0 Å². The normalized spacial score (nSPS) is 20.3. The number of aromatic hydroxyl groups is 1. The predicted octanol–water partition coefficient (Wildman–Crippen LogP) is 4.27. The van der Waals surface area contributed by atoms with Gasteiger partial charge in [-0.05, 0) is 101 Å². The molecule has 0 unspecified atom stereocenters. The van der Waals surface area contributed by atoms with E-state index in [1.165, 1.54) is 0 Å². The molecule has 0 radical (unpaired) electrons. The maximum absolute atomic E-state index is 13.0. The molecule has 2 aliphatic heterocycles. The highest BCUT2D eigenvalue weighted by molar-refractivity contribution is 9.11. The summed E-state index contributed by atoms with van der Waals surface area (Å²) in [6, 6.07) is 4.23. The largest absolute Gasteiger partial charge is 0.506 e. The molecule has 1 aromatic rings. The van der Waals surface area contributed by atoms with Crippen molar-refractivity contribution in [2.45, 2.75) is 51.5 Å². The van der Waals surface area contributed by atoms with Crippen molar-refractivity contribution in [3.05, 3.63) is 26.6 Å². The number of carboxylic acid groups (broad SMARTS) is 1. The molecule has 6 nitrogen and oxygen atoms in total. The average molecular weight is 546 g/mol. The van der Waals surface area contributed by atoms with Gasteiger partial charge in [0.15, 0.2) is 0 Å². The van der Waals surface area contributed by atoms with Crippen LogP contribution in [0.15, 0.2) is 21.1 Å². The zero-order valence-electron chi connectivity index (χ0n) is 17.3. The molecule has 8 heteroatoms. The van der Waals surface area contributed by atoms with Crippen LogP contribution in [0.4, 0.5) is 0 Å². The Morgan fingerprint density at radius 3 is 2.17 bits per heavy atom. The number of halogens is 2. The molecule has 2 N–H and O–H groups in total. The standard InChI is InChI=1S/C22H30Br2N2O4/c1-14(10-16-11-18(23)21(29)19(24)12-16)22(30)26-8-4-17(5-9-26)25-6-2-15(3-7-25)13-20(27)28/h11-12,14-15,17,29H,2-10,13H2,1H3,(H,27,28)/t14-/m1/s1. The minimum absolute atomic E-state index is 0.114. The summed E-state index contributed by atoms with van der Waals surface area (Å²) in [4.78, 5) is 28.3. The highest BCUT2D eigenvalue weighted by atomic mass is 79.9. The molecule has 0 aliphatic carbocycles. The van der Waals surface area contributed by atoms with Gasteiger partial charge in [0.1, 0.15) is 5.75 Å². The molecular formula is C22H30Br2N2O4. The van der Waals surface area contributed by atoms with Gasteiger partial charge < -0.3 is 20.0 Å². The number of likely N-dealkylation sites (tertiary alicyclic amines) is 2. The first kappa shape index (κ1) is 23.5. The first-order valence-corrected chi connectivity index (χ1v) is 12.2. The average Bonchev–Trinajstić information content (AvgIpc) is 2.71. The molecule has 0 saturated carbocycles. The van der Waals surface area contributed by atoms with Crippen LogP contribution in [0.2, 0.25) is 0 Å². The number of hydrogen-bond acceptors (Lipinski definition) is 4. The molecular weight excluding hydrogens is 516 g/mol. The van der Waals surface area contributed by atoms with E-state index in [1.54, 1.807) is 0 Å². The Bertz CT molecular complexity index is 749. The third-order valence-electron chi connectivity index (χ3n) is 6.45. The molecule has 30 heavy (non-hydrogen) atoms. The maximum Gasteiger partial charge on any atom is 0.303 e. The van der Waals surface area contributed by atoms with Crippen LogP contribution in [0.1, 0.15) is 44.6 Å². The summed E-state index contributed by atoms with van der Waals surface area (Å²) in [6.07, 6.45) is 4.80. The Labute approximate surface area is 194 Å². The second kappa shape index (κ2) is 10.5. The number of hydrogen-bond donors (Lipinski definition) is 2. The van der Waals surface area contributed by atoms with Gasteiger partial charge in [0.05, 0.1) is 8.95 Å². The predicted molar refractivity (Wildman–Crippen MR) is 123 cm³/mol. The molecule has 1 aromatic carbocycles. The second-order valence-corrected chi connectivity index (χ2v) is 10.4. The lowest BCUT2D eigenvalue weighted by molar-refractivity contribution is -0.138. The molecule has 1 amide bonds. The molecule has 0 bridgehead atoms. The molecule has 0 aromatic heterocycles. The number of carbonyl (C=O) groups is 2. The Balaban J connectivity index is 1.46. The van der Waals surface area contributed by atoms with Crippen LogP contribution in [0.5, 0.6) is 5.75 Å². The lowest BCUT2D eigenvalue weighted by atomic mass is 9.91. The Morgan fingerprint density at radius 2 is 1.63 bits per heavy atom. The fraction of sp³-hybridized carbons (Fsp3) is 0.636. The smallest absolute Gasteiger partial charge is 0.303 e. The number of carbonyl (C=O) groups excluding carboxylic acids is 1. The fourth-order valence-corrected chi connectivity index (χ4v) is 5.99. The molecule has 2 fully saturated rings. The number of carboxylic acids is 1. The van der Waals surface area contributed by atoms with Crippen molar-refractivity contribution in [2.24, 2.45) is 11.8 Å². The van der Waals surface area contributed by atoms with Crippen LogP contribution in [0.25, 0.3) is 0 Å². The maximum atomic E-state index is 13.0. The van der Waals surface area contributed by atoms with Crippen LogP contribution >= 0.6 is 31.9 Å². The number of rotatable bonds is 6. The quantitative estimate of drug-likeness (QED) is 0.558. The van der Waals surface area contributed by atoms with Crippen molar-refractivity contribution in [2.75, 3.05) is 26.2 Å². The van der Waals surface area contributed by atoms with Crippen LogP contribution in [-0.2, 0) is 16.0 Å². The molecule has 0 spiro atoms. The van der Waals surface area contributed by atoms with Crippen LogP contribution < -0.4 is 0 Å². The zero-order chi connectivity index (χ0) is 21.8. The Kier molecular flexibility index (Phi) is 8.21. The number of piperidine rings is 2. The first-order valence-electron chi connectivity index (χ1n) is 10.7. The van der Waals surface area contributed by atoms with Crippen LogP contribution in [0, 0.1) is 11.8 Å². The SMILES string of the molecule is C[C@H](Cc1cc(Br)c(O)c(Br)c1)C(=O)N1CCC(N2CCC(CC(=O)O)CC2)CC1. The molecule has 2 heterocycles. The minimum atomic E-state index is -0.693. The van der Waals surface area contributed by atoms with Crippen molar-refractivity contribution < 1.29 is 19.8 Å². The summed E-state index contributed by atoms with van der Waals surface area (Å²) in [5, 5.41) is 18.8. The topological polar surface area (TPSA) is 81.1 Å². The number of benzene rings is 1. The summed E-state index contributed by atoms with van der Waals surface area (Å²) in [5.74, 6) is -0.139. The number of phenols is 1. The van der Waals surface area contributed by atoms with Gasteiger partial charge in [-0.1, -0.05) is 6.92 Å². The van der Waals surface area contributed by atoms with Gasteiger partial charge in [-0.2, -0.15) is 0 Å². The number of nitrogens with zero attached hydrogens (tertiary/aromatic N) is 2. The number of aliphatic carboxylic acids is 1. The monoisotopic (exact) mass is 544 g/mol. The molecule has 1 atom stereocenters. The molecule has 2 aliphatic rings. The summed E-state index contributed by atoms with van der Waals surface area (Å²) in [7, 11) is 0. The van der Waals surface area contributed by atoms with E-state index >= 15 is 0 Å². The van der Waals surface area contributed by atoms with E-state index in [4.69, 9.17) is 5.11 Å². The molecule has 166 valence electrons. The van der Waals surface area contributed by atoms with Crippen molar-refractivity contribution >= 4 is 43.7 Å². The third-order valence-corrected chi connectivity index (χ3v) is 7.65. The van der Waals surface area contributed by atoms with E-state index in [0.717, 1.165) is 57.4 Å². The van der Waals surface area contributed by atoms with E-state index in [0.29, 0.717) is 27.3 Å². The Hall–Kier alpha value is -1.12. The molecule has 2 saturated heterocycles. The van der Waals surface area contributed by atoms with E-state index in [1.807, 2.05) is 24.0 Å². The highest BCUT2D eigenvalue weighted by Crippen LogP contribution is 2.34. The highest BCUT2D eigenvalue weighted by Gasteiger charge is 2.31. The van der Waals surface area contributed by atoms with E-state index < -0.39 is 5.97 Å². The summed E-state index contributed by atoms with van der Waals surface area (Å²) in [6.45, 7) is 5.48. The number of phenolic OH excluding ortho intramolecular Hbond substituents is 1. The van der Waals surface area contributed by atoms with Crippen molar-refractivity contribution in [3.8, 4) is 5.75 Å². The van der Waals surface area contributed by atoms with Gasteiger partial charge in [0.2, 0.25) is 5.91 Å². The lowest BCUT2D eigenvalue weighted by Crippen LogP contribution is -2.50. The van der Waals surface area contributed by atoms with Crippen molar-refractivity contribution in [1.82, 2.24) is 9.80 Å². The van der Waals surface area contributed by atoms with Gasteiger partial charge in [-0.25, -0.2) is 0 Å². The van der Waals surface area contributed by atoms with Gasteiger partial charge in [0.25, 0.3) is 0 Å². The van der Waals surface area contributed by atoms with E-state index in [2.05, 4.69) is 36.8 Å². The van der Waals surface area contributed by atoms with Gasteiger partial charge in [-0.15, -0.1) is 0 Å². The van der Waals surface area contributed by atoms with Gasteiger partial charge >= 0.3 is 5.97 Å². The van der Waals surface area contributed by atoms with E-state index in [-0.39, 0.29) is 24.0 Å². The van der Waals surface area contributed by atoms with E-state index in [9.17, 15) is 14.7 Å². The molecule has 3 rings (SSSR count). The zero-order valence-corrected chi connectivity index (χ0v) is 20.5. The summed E-state index contributed by atoms with van der Waals surface area (Å²) >= 11 is 6.70. The van der Waals surface area contributed by atoms with Crippen LogP contribution in [0.3, 0.4) is 0 Å².